The van der Waals surface area contributed by atoms with Crippen molar-refractivity contribution >= 4 is 11.8 Å². The van der Waals surface area contributed by atoms with Crippen LogP contribution in [0.5, 0.6) is 0 Å². The molecule has 15 heavy (non-hydrogen) atoms. The minimum Gasteiger partial charge on any atom is -0.324 e. The molecule has 90 valence electrons. The molecule has 1 aliphatic carbocycles. The van der Waals surface area contributed by atoms with Crippen molar-refractivity contribution in [2.45, 2.75) is 50.6 Å². The Labute approximate surface area is 99.0 Å². The van der Waals surface area contributed by atoms with Crippen LogP contribution in [0.25, 0.3) is 0 Å². The molecule has 1 saturated carbocycles. The Morgan fingerprint density at radius 2 is 1.93 bits per heavy atom. The van der Waals surface area contributed by atoms with E-state index in [1.807, 2.05) is 11.8 Å². The van der Waals surface area contributed by atoms with Crippen LogP contribution in [-0.4, -0.2) is 42.1 Å². The number of thioether (sulfide) groups is 1. The third-order valence-corrected chi connectivity index (χ3v) is 4.39. The molecule has 1 aliphatic rings. The van der Waals surface area contributed by atoms with Crippen molar-refractivity contribution in [3.63, 3.8) is 0 Å². The van der Waals surface area contributed by atoms with Crippen LogP contribution in [0.1, 0.15) is 39.0 Å². The molecule has 0 amide bonds. The molecule has 0 aromatic heterocycles. The fourth-order valence-corrected chi connectivity index (χ4v) is 3.17. The molecule has 0 aromatic rings. The van der Waals surface area contributed by atoms with Gasteiger partial charge in [-0.2, -0.15) is 11.8 Å². The van der Waals surface area contributed by atoms with E-state index in [9.17, 15) is 0 Å². The standard InChI is InChI=1S/C12H26N2S/c1-11(9-15-3)14(2)10-12(13)7-5-4-6-8-12/h11H,4-10,13H2,1-3H3. The molecule has 0 aliphatic heterocycles. The van der Waals surface area contributed by atoms with Crippen molar-refractivity contribution in [2.24, 2.45) is 5.73 Å². The fourth-order valence-electron chi connectivity index (χ4n) is 2.43. The minimum atomic E-state index is 0.0969. The van der Waals surface area contributed by atoms with Crippen LogP contribution in [0.2, 0.25) is 0 Å². The molecule has 0 heterocycles. The zero-order valence-corrected chi connectivity index (χ0v) is 11.3. The van der Waals surface area contributed by atoms with E-state index in [1.54, 1.807) is 0 Å². The Bertz CT molecular complexity index is 178. The van der Waals surface area contributed by atoms with Gasteiger partial charge in [0.05, 0.1) is 0 Å². The van der Waals surface area contributed by atoms with Crippen molar-refractivity contribution in [1.29, 1.82) is 0 Å². The number of hydrogen-bond donors (Lipinski definition) is 1. The molecule has 3 heteroatoms. The second kappa shape index (κ2) is 6.12. The first-order chi connectivity index (χ1) is 7.07. The van der Waals surface area contributed by atoms with Gasteiger partial charge in [-0.25, -0.2) is 0 Å². The van der Waals surface area contributed by atoms with E-state index >= 15 is 0 Å². The average Bonchev–Trinajstić information content (AvgIpc) is 2.18. The van der Waals surface area contributed by atoms with E-state index in [1.165, 1.54) is 37.9 Å². The number of nitrogens with two attached hydrogens (primary N) is 1. The van der Waals surface area contributed by atoms with E-state index in [2.05, 4.69) is 25.1 Å². The van der Waals surface area contributed by atoms with Crippen LogP contribution in [0.15, 0.2) is 0 Å². The normalized spacial score (nSPS) is 23.0. The van der Waals surface area contributed by atoms with E-state index < -0.39 is 0 Å². The van der Waals surface area contributed by atoms with Gasteiger partial charge in [0.25, 0.3) is 0 Å². The fraction of sp³-hybridized carbons (Fsp3) is 1.00. The summed E-state index contributed by atoms with van der Waals surface area (Å²) >= 11 is 1.92. The van der Waals surface area contributed by atoms with Gasteiger partial charge in [0.1, 0.15) is 0 Å². The van der Waals surface area contributed by atoms with E-state index in [4.69, 9.17) is 5.73 Å². The van der Waals surface area contributed by atoms with Crippen LogP contribution in [0.4, 0.5) is 0 Å². The Kier molecular flexibility index (Phi) is 5.44. The Balaban J connectivity index is 2.37. The summed E-state index contributed by atoms with van der Waals surface area (Å²) < 4.78 is 0. The predicted molar refractivity (Wildman–Crippen MR) is 70.5 cm³/mol. The van der Waals surface area contributed by atoms with E-state index in [-0.39, 0.29) is 5.54 Å². The predicted octanol–water partition coefficient (Wildman–Crippen LogP) is 2.33. The molecule has 2 nitrogen and oxygen atoms in total. The summed E-state index contributed by atoms with van der Waals surface area (Å²) in [6.45, 7) is 3.36. The molecule has 0 radical (unpaired) electrons. The smallest absolute Gasteiger partial charge is 0.0283 e. The summed E-state index contributed by atoms with van der Waals surface area (Å²) in [6.07, 6.45) is 8.61. The van der Waals surface area contributed by atoms with Crippen LogP contribution < -0.4 is 5.73 Å². The highest BCUT2D eigenvalue weighted by Gasteiger charge is 2.29. The second-order valence-corrected chi connectivity index (χ2v) is 6.05. The quantitative estimate of drug-likeness (QED) is 0.786. The maximum atomic E-state index is 6.45. The monoisotopic (exact) mass is 230 g/mol. The molecular weight excluding hydrogens is 204 g/mol. The molecule has 1 fully saturated rings. The Morgan fingerprint density at radius 3 is 2.47 bits per heavy atom. The zero-order chi connectivity index (χ0) is 11.3. The molecule has 0 aromatic carbocycles. The summed E-state index contributed by atoms with van der Waals surface area (Å²) in [4.78, 5) is 2.43. The lowest BCUT2D eigenvalue weighted by atomic mass is 9.82. The first-order valence-corrected chi connectivity index (χ1v) is 7.45. The van der Waals surface area contributed by atoms with Crippen LogP contribution in [0.3, 0.4) is 0 Å². The van der Waals surface area contributed by atoms with Gasteiger partial charge in [-0.05, 0) is 33.1 Å². The number of hydrogen-bond acceptors (Lipinski definition) is 3. The third kappa shape index (κ3) is 4.33. The number of likely N-dealkylation sites (N-methyl/N-ethyl adjacent to an activating group) is 1. The SMILES string of the molecule is CSCC(C)N(C)CC1(N)CCCCC1. The van der Waals surface area contributed by atoms with Crippen LogP contribution in [0, 0.1) is 0 Å². The first-order valence-electron chi connectivity index (χ1n) is 6.05. The lowest BCUT2D eigenvalue weighted by molar-refractivity contribution is 0.173. The van der Waals surface area contributed by atoms with Crippen molar-refractivity contribution in [3.8, 4) is 0 Å². The molecule has 1 unspecified atom stereocenters. The highest BCUT2D eigenvalue weighted by atomic mass is 32.2. The highest BCUT2D eigenvalue weighted by molar-refractivity contribution is 7.98. The molecule has 0 bridgehead atoms. The van der Waals surface area contributed by atoms with Crippen LogP contribution in [-0.2, 0) is 0 Å². The Morgan fingerprint density at radius 1 is 1.33 bits per heavy atom. The van der Waals surface area contributed by atoms with Gasteiger partial charge in [-0.1, -0.05) is 19.3 Å². The van der Waals surface area contributed by atoms with Gasteiger partial charge < -0.3 is 10.6 Å². The van der Waals surface area contributed by atoms with Crippen molar-refractivity contribution < 1.29 is 0 Å². The van der Waals surface area contributed by atoms with Crippen molar-refractivity contribution in [2.75, 3.05) is 25.6 Å². The third-order valence-electron chi connectivity index (χ3n) is 3.57. The van der Waals surface area contributed by atoms with E-state index in [0.29, 0.717) is 6.04 Å². The molecule has 1 atom stereocenters. The number of nitrogens with zero attached hydrogens (tertiary/aromatic N) is 1. The summed E-state index contributed by atoms with van der Waals surface area (Å²) in [5, 5.41) is 0. The second-order valence-electron chi connectivity index (χ2n) is 5.14. The van der Waals surface area contributed by atoms with Crippen LogP contribution >= 0.6 is 11.8 Å². The first kappa shape index (κ1) is 13.3. The van der Waals surface area contributed by atoms with Crippen molar-refractivity contribution in [1.82, 2.24) is 4.90 Å². The Hall–Kier alpha value is 0.270. The molecule has 0 spiro atoms. The van der Waals surface area contributed by atoms with Gasteiger partial charge in [0.2, 0.25) is 0 Å². The average molecular weight is 230 g/mol. The largest absolute Gasteiger partial charge is 0.324 e. The molecule has 2 N–H and O–H groups in total. The lowest BCUT2D eigenvalue weighted by Crippen LogP contribution is -2.52. The highest BCUT2D eigenvalue weighted by Crippen LogP contribution is 2.26. The summed E-state index contributed by atoms with van der Waals surface area (Å²) in [6, 6.07) is 0.641. The molecule has 0 saturated heterocycles. The topological polar surface area (TPSA) is 29.3 Å². The maximum Gasteiger partial charge on any atom is 0.0283 e. The van der Waals surface area contributed by atoms with Gasteiger partial charge in [-0.15, -0.1) is 0 Å². The summed E-state index contributed by atoms with van der Waals surface area (Å²) in [5.41, 5.74) is 6.54. The maximum absolute atomic E-state index is 6.45. The van der Waals surface area contributed by atoms with Gasteiger partial charge in [0.15, 0.2) is 0 Å². The van der Waals surface area contributed by atoms with Gasteiger partial charge in [-0.3, -0.25) is 0 Å². The zero-order valence-electron chi connectivity index (χ0n) is 10.5. The minimum absolute atomic E-state index is 0.0969. The van der Waals surface area contributed by atoms with Gasteiger partial charge in [0, 0.05) is 23.9 Å². The summed E-state index contributed by atoms with van der Waals surface area (Å²) in [5.74, 6) is 1.20. The number of rotatable bonds is 5. The summed E-state index contributed by atoms with van der Waals surface area (Å²) in [7, 11) is 2.21. The molecule has 1 rings (SSSR count). The van der Waals surface area contributed by atoms with Crippen molar-refractivity contribution in [3.05, 3.63) is 0 Å². The van der Waals surface area contributed by atoms with Gasteiger partial charge >= 0.3 is 0 Å². The molecular formula is C12H26N2S. The lowest BCUT2D eigenvalue weighted by Gasteiger charge is -2.38. The van der Waals surface area contributed by atoms with E-state index in [0.717, 1.165) is 6.54 Å².